The second-order valence-corrected chi connectivity index (χ2v) is 5.56. The topological polar surface area (TPSA) is 49.5 Å². The number of hydrogen-bond donors (Lipinski definition) is 2. The zero-order chi connectivity index (χ0) is 11.5. The van der Waals surface area contributed by atoms with Gasteiger partial charge in [0, 0.05) is 18.1 Å². The molecule has 90 valence electrons. The molecule has 0 amide bonds. The minimum atomic E-state index is -0.128. The summed E-state index contributed by atoms with van der Waals surface area (Å²) in [7, 11) is 2.08. The van der Waals surface area contributed by atoms with Gasteiger partial charge in [0.15, 0.2) is 0 Å². The molecule has 0 aliphatic heterocycles. The molecular weight excluding hydrogens is 188 g/mol. The largest absolute Gasteiger partial charge is 0.394 e. The lowest BCUT2D eigenvalue weighted by Crippen LogP contribution is -2.49. The number of nitrogens with two attached hydrogens (primary N) is 1. The first kappa shape index (κ1) is 12.9. The average molecular weight is 214 g/mol. The van der Waals surface area contributed by atoms with Crippen LogP contribution in [0.4, 0.5) is 0 Å². The molecule has 0 aromatic rings. The standard InChI is InChI=1S/C12H26N2O/c1-12(2,9-15)14(3)8-10-6-4-5-7-11(10)13/h10-11,15H,4-9,13H2,1-3H3. The van der Waals surface area contributed by atoms with Crippen LogP contribution in [0.5, 0.6) is 0 Å². The van der Waals surface area contributed by atoms with E-state index in [1.165, 1.54) is 19.3 Å². The number of aliphatic hydroxyl groups is 1. The van der Waals surface area contributed by atoms with Crippen molar-refractivity contribution in [3.05, 3.63) is 0 Å². The molecule has 0 spiro atoms. The van der Waals surface area contributed by atoms with Gasteiger partial charge in [-0.15, -0.1) is 0 Å². The predicted molar refractivity (Wildman–Crippen MR) is 63.7 cm³/mol. The Morgan fingerprint density at radius 3 is 2.47 bits per heavy atom. The fourth-order valence-electron chi connectivity index (χ4n) is 2.18. The van der Waals surface area contributed by atoms with E-state index in [-0.39, 0.29) is 12.1 Å². The third-order valence-corrected chi connectivity index (χ3v) is 3.90. The Hall–Kier alpha value is -0.120. The summed E-state index contributed by atoms with van der Waals surface area (Å²) in [6, 6.07) is 0.357. The summed E-state index contributed by atoms with van der Waals surface area (Å²) < 4.78 is 0. The third kappa shape index (κ3) is 3.44. The molecule has 3 nitrogen and oxygen atoms in total. The maximum absolute atomic E-state index is 9.29. The Morgan fingerprint density at radius 2 is 1.93 bits per heavy atom. The van der Waals surface area contributed by atoms with Gasteiger partial charge in [-0.3, -0.25) is 4.90 Å². The van der Waals surface area contributed by atoms with Crippen molar-refractivity contribution in [3.8, 4) is 0 Å². The van der Waals surface area contributed by atoms with E-state index >= 15 is 0 Å². The molecule has 3 heteroatoms. The minimum absolute atomic E-state index is 0.128. The van der Waals surface area contributed by atoms with Gasteiger partial charge in [-0.25, -0.2) is 0 Å². The first-order valence-corrected chi connectivity index (χ1v) is 6.05. The summed E-state index contributed by atoms with van der Waals surface area (Å²) >= 11 is 0. The van der Waals surface area contributed by atoms with Crippen LogP contribution in [0.1, 0.15) is 39.5 Å². The quantitative estimate of drug-likeness (QED) is 0.739. The summed E-state index contributed by atoms with van der Waals surface area (Å²) in [5, 5.41) is 9.29. The van der Waals surface area contributed by atoms with E-state index < -0.39 is 0 Å². The van der Waals surface area contributed by atoms with Crippen molar-refractivity contribution >= 4 is 0 Å². The van der Waals surface area contributed by atoms with Crippen molar-refractivity contribution in [2.75, 3.05) is 20.2 Å². The monoisotopic (exact) mass is 214 g/mol. The van der Waals surface area contributed by atoms with E-state index in [1.54, 1.807) is 0 Å². The van der Waals surface area contributed by atoms with Gasteiger partial charge in [-0.2, -0.15) is 0 Å². The molecule has 3 N–H and O–H groups in total. The summed E-state index contributed by atoms with van der Waals surface area (Å²) in [5.41, 5.74) is 6.00. The van der Waals surface area contributed by atoms with Gasteiger partial charge >= 0.3 is 0 Å². The lowest BCUT2D eigenvalue weighted by molar-refractivity contribution is 0.0573. The molecule has 0 heterocycles. The lowest BCUT2D eigenvalue weighted by atomic mass is 9.84. The van der Waals surface area contributed by atoms with Crippen LogP contribution in [0.2, 0.25) is 0 Å². The van der Waals surface area contributed by atoms with Crippen LogP contribution in [0, 0.1) is 5.92 Å². The second kappa shape index (κ2) is 5.28. The zero-order valence-electron chi connectivity index (χ0n) is 10.4. The Balaban J connectivity index is 2.45. The van der Waals surface area contributed by atoms with Gasteiger partial charge in [-0.1, -0.05) is 12.8 Å². The predicted octanol–water partition coefficient (Wildman–Crippen LogP) is 1.21. The highest BCUT2D eigenvalue weighted by Crippen LogP contribution is 2.25. The van der Waals surface area contributed by atoms with E-state index in [2.05, 4.69) is 25.8 Å². The molecule has 2 unspecified atom stereocenters. The number of rotatable bonds is 4. The van der Waals surface area contributed by atoms with Crippen LogP contribution in [-0.4, -0.2) is 41.8 Å². The molecule has 0 aromatic carbocycles. The lowest BCUT2D eigenvalue weighted by Gasteiger charge is -2.39. The number of aliphatic hydroxyl groups excluding tert-OH is 1. The smallest absolute Gasteiger partial charge is 0.0609 e. The molecular formula is C12H26N2O. The normalized spacial score (nSPS) is 28.4. The van der Waals surface area contributed by atoms with E-state index in [9.17, 15) is 5.11 Å². The highest BCUT2D eigenvalue weighted by molar-refractivity contribution is 4.85. The SMILES string of the molecule is CN(CC1CCCCC1N)C(C)(C)CO. The van der Waals surface area contributed by atoms with Gasteiger partial charge in [0.25, 0.3) is 0 Å². The molecule has 0 bridgehead atoms. The van der Waals surface area contributed by atoms with Gasteiger partial charge in [0.05, 0.1) is 6.61 Å². The molecule has 2 atom stereocenters. The van der Waals surface area contributed by atoms with E-state index in [1.807, 2.05) is 0 Å². The highest BCUT2D eigenvalue weighted by atomic mass is 16.3. The molecule has 0 radical (unpaired) electrons. The van der Waals surface area contributed by atoms with Crippen LogP contribution in [-0.2, 0) is 0 Å². The molecule has 1 aliphatic rings. The van der Waals surface area contributed by atoms with Crippen molar-refractivity contribution in [3.63, 3.8) is 0 Å². The third-order valence-electron chi connectivity index (χ3n) is 3.90. The molecule has 1 rings (SSSR count). The van der Waals surface area contributed by atoms with Crippen molar-refractivity contribution < 1.29 is 5.11 Å². The maximum Gasteiger partial charge on any atom is 0.0609 e. The first-order chi connectivity index (χ1) is 6.97. The molecule has 0 saturated heterocycles. The average Bonchev–Trinajstić information content (AvgIpc) is 2.21. The zero-order valence-corrected chi connectivity index (χ0v) is 10.4. The maximum atomic E-state index is 9.29. The van der Waals surface area contributed by atoms with Gasteiger partial charge in [0.1, 0.15) is 0 Å². The fraction of sp³-hybridized carbons (Fsp3) is 1.00. The van der Waals surface area contributed by atoms with E-state index in [4.69, 9.17) is 5.73 Å². The second-order valence-electron chi connectivity index (χ2n) is 5.56. The van der Waals surface area contributed by atoms with Crippen molar-refractivity contribution in [1.82, 2.24) is 4.90 Å². The number of likely N-dealkylation sites (N-methyl/N-ethyl adjacent to an activating group) is 1. The van der Waals surface area contributed by atoms with Gasteiger partial charge in [-0.05, 0) is 39.7 Å². The Bertz CT molecular complexity index is 194. The molecule has 1 aliphatic carbocycles. The Kier molecular flexibility index (Phi) is 4.56. The molecule has 15 heavy (non-hydrogen) atoms. The Morgan fingerprint density at radius 1 is 1.33 bits per heavy atom. The summed E-state index contributed by atoms with van der Waals surface area (Å²) in [6.45, 7) is 5.35. The van der Waals surface area contributed by atoms with Crippen LogP contribution in [0.25, 0.3) is 0 Å². The van der Waals surface area contributed by atoms with Crippen molar-refractivity contribution in [1.29, 1.82) is 0 Å². The Labute approximate surface area is 93.6 Å². The van der Waals surface area contributed by atoms with Gasteiger partial charge < -0.3 is 10.8 Å². The van der Waals surface area contributed by atoms with Crippen LogP contribution >= 0.6 is 0 Å². The first-order valence-electron chi connectivity index (χ1n) is 6.05. The summed E-state index contributed by atoms with van der Waals surface area (Å²) in [5.74, 6) is 0.606. The van der Waals surface area contributed by atoms with E-state index in [0.29, 0.717) is 12.0 Å². The van der Waals surface area contributed by atoms with Crippen LogP contribution in [0.15, 0.2) is 0 Å². The number of nitrogens with zero attached hydrogens (tertiary/aromatic N) is 1. The van der Waals surface area contributed by atoms with Gasteiger partial charge in [0.2, 0.25) is 0 Å². The highest BCUT2D eigenvalue weighted by Gasteiger charge is 2.28. The molecule has 0 aromatic heterocycles. The van der Waals surface area contributed by atoms with E-state index in [0.717, 1.165) is 13.0 Å². The minimum Gasteiger partial charge on any atom is -0.394 e. The molecule has 1 fully saturated rings. The van der Waals surface area contributed by atoms with Crippen molar-refractivity contribution in [2.45, 2.75) is 51.1 Å². The van der Waals surface area contributed by atoms with Crippen molar-refractivity contribution in [2.24, 2.45) is 11.7 Å². The summed E-state index contributed by atoms with van der Waals surface area (Å²) in [4.78, 5) is 2.24. The summed E-state index contributed by atoms with van der Waals surface area (Å²) in [6.07, 6.45) is 5.00. The number of hydrogen-bond acceptors (Lipinski definition) is 3. The molecule has 1 saturated carbocycles. The van der Waals surface area contributed by atoms with Crippen LogP contribution in [0.3, 0.4) is 0 Å². The van der Waals surface area contributed by atoms with Crippen LogP contribution < -0.4 is 5.73 Å². The fourth-order valence-corrected chi connectivity index (χ4v) is 2.18.